The fourth-order valence-corrected chi connectivity index (χ4v) is 5.80. The van der Waals surface area contributed by atoms with Crippen molar-refractivity contribution < 1.29 is 19.2 Å². The molecule has 0 radical (unpaired) electrons. The van der Waals surface area contributed by atoms with Crippen molar-refractivity contribution in [2.45, 2.75) is 75.6 Å². The lowest BCUT2D eigenvalue weighted by Gasteiger charge is -2.16. The van der Waals surface area contributed by atoms with Crippen molar-refractivity contribution >= 4 is 41.0 Å². The van der Waals surface area contributed by atoms with Gasteiger partial charge in [0.15, 0.2) is 0 Å². The van der Waals surface area contributed by atoms with E-state index in [4.69, 9.17) is 5.53 Å². The van der Waals surface area contributed by atoms with Gasteiger partial charge in [-0.1, -0.05) is 12.8 Å². The molecule has 3 rings (SSSR count). The van der Waals surface area contributed by atoms with Gasteiger partial charge in [0.25, 0.3) is 5.71 Å². The molecule has 0 saturated carbocycles. The minimum atomic E-state index is -0.0595. The Morgan fingerprint density at radius 3 is 2.56 bits per heavy atom. The molecule has 2 aliphatic heterocycles. The molecule has 184 valence electrons. The van der Waals surface area contributed by atoms with E-state index in [1.165, 1.54) is 0 Å². The summed E-state index contributed by atoms with van der Waals surface area (Å²) >= 11 is 1.90. The third-order valence-corrected chi connectivity index (χ3v) is 7.73. The van der Waals surface area contributed by atoms with E-state index in [0.29, 0.717) is 36.0 Å². The normalized spacial score (nSPS) is 20.6. The molecule has 2 fully saturated rings. The molecule has 3 atom stereocenters. The molecular weight excluding hydrogens is 452 g/mol. The molecule has 2 aliphatic rings. The topological polar surface area (TPSA) is 136 Å². The number of thioether (sulfide) groups is 1. The van der Waals surface area contributed by atoms with Crippen molar-refractivity contribution in [1.29, 1.82) is 0 Å². The molecule has 1 aromatic rings. The average molecular weight is 487 g/mol. The van der Waals surface area contributed by atoms with Gasteiger partial charge in [0, 0.05) is 43.0 Å². The zero-order valence-electron chi connectivity index (χ0n) is 19.6. The van der Waals surface area contributed by atoms with Crippen molar-refractivity contribution in [2.24, 2.45) is 0 Å². The zero-order chi connectivity index (χ0) is 24.3. The van der Waals surface area contributed by atoms with E-state index in [9.17, 15) is 14.4 Å². The molecule has 0 unspecified atom stereocenters. The molecule has 34 heavy (non-hydrogen) atoms. The number of fused-ring (bicyclic) bond motifs is 1. The Morgan fingerprint density at radius 1 is 1.06 bits per heavy atom. The van der Waals surface area contributed by atoms with Crippen LogP contribution in [-0.2, 0) is 9.59 Å². The van der Waals surface area contributed by atoms with E-state index >= 15 is 0 Å². The molecule has 0 aliphatic carbocycles. The van der Waals surface area contributed by atoms with Gasteiger partial charge in [-0.05, 0) is 49.9 Å². The lowest BCUT2D eigenvalue weighted by atomic mass is 10.0. The van der Waals surface area contributed by atoms with Crippen LogP contribution in [0.3, 0.4) is 0 Å². The van der Waals surface area contributed by atoms with E-state index in [1.54, 1.807) is 31.2 Å². The summed E-state index contributed by atoms with van der Waals surface area (Å²) in [5, 5.41) is 12.2. The highest BCUT2D eigenvalue weighted by molar-refractivity contribution is 8.00. The summed E-state index contributed by atoms with van der Waals surface area (Å²) in [5.74, 6) is 1.00. The molecule has 4 amide bonds. The summed E-state index contributed by atoms with van der Waals surface area (Å²) in [5.41, 5.74) is 10.8. The number of unbranched alkanes of at least 4 members (excludes halogenated alkanes) is 3. The van der Waals surface area contributed by atoms with Crippen LogP contribution in [0.4, 0.5) is 10.5 Å². The Balaban J connectivity index is 1.17. The van der Waals surface area contributed by atoms with Crippen LogP contribution in [0.2, 0.25) is 0 Å². The molecule has 0 spiro atoms. The predicted molar refractivity (Wildman–Crippen MR) is 134 cm³/mol. The quantitative estimate of drug-likeness (QED) is 0.112. The van der Waals surface area contributed by atoms with Crippen molar-refractivity contribution in [2.75, 3.05) is 17.6 Å². The third-order valence-electron chi connectivity index (χ3n) is 6.22. The molecular formula is C24H34N6O3S. The van der Waals surface area contributed by atoms with Crippen LogP contribution in [-0.4, -0.2) is 58.0 Å². The maximum Gasteiger partial charge on any atom is 0.315 e. The first-order chi connectivity index (χ1) is 16.5. The van der Waals surface area contributed by atoms with Crippen LogP contribution >= 0.6 is 11.8 Å². The van der Waals surface area contributed by atoms with Crippen LogP contribution in [0, 0.1) is 0 Å². The molecule has 2 saturated heterocycles. The smallest absolute Gasteiger partial charge is 0.315 e. The van der Waals surface area contributed by atoms with Gasteiger partial charge in [0.2, 0.25) is 11.8 Å². The number of carbonyl (C=O) groups is 3. The van der Waals surface area contributed by atoms with Gasteiger partial charge in [-0.25, -0.2) is 4.79 Å². The number of benzene rings is 1. The minimum absolute atomic E-state index is 0.0379. The molecule has 1 aromatic carbocycles. The van der Waals surface area contributed by atoms with E-state index in [0.717, 1.165) is 49.8 Å². The van der Waals surface area contributed by atoms with Gasteiger partial charge < -0.3 is 26.8 Å². The Morgan fingerprint density at radius 2 is 1.79 bits per heavy atom. The van der Waals surface area contributed by atoms with Crippen molar-refractivity contribution in [3.8, 4) is 0 Å². The highest BCUT2D eigenvalue weighted by Crippen LogP contribution is 2.33. The van der Waals surface area contributed by atoms with Crippen LogP contribution in [0.15, 0.2) is 24.3 Å². The number of urea groups is 1. The maximum atomic E-state index is 12.1. The highest BCUT2D eigenvalue weighted by Gasteiger charge is 2.42. The van der Waals surface area contributed by atoms with Crippen LogP contribution in [0.1, 0.15) is 63.9 Å². The molecule has 4 N–H and O–H groups in total. The average Bonchev–Trinajstić information content (AvgIpc) is 3.38. The fourth-order valence-electron chi connectivity index (χ4n) is 4.25. The molecule has 0 bridgehead atoms. The van der Waals surface area contributed by atoms with E-state index in [2.05, 4.69) is 26.1 Å². The Bertz CT molecular complexity index is 916. The summed E-state index contributed by atoms with van der Waals surface area (Å²) in [6.07, 6.45) is 6.31. The summed E-state index contributed by atoms with van der Waals surface area (Å²) in [4.78, 5) is 38.7. The van der Waals surface area contributed by atoms with Gasteiger partial charge in [0.1, 0.15) is 0 Å². The van der Waals surface area contributed by atoms with Crippen LogP contribution in [0.25, 0.3) is 5.53 Å². The number of nitrogens with zero attached hydrogens (tertiary/aromatic N) is 2. The zero-order valence-corrected chi connectivity index (χ0v) is 20.5. The second kappa shape index (κ2) is 13.2. The van der Waals surface area contributed by atoms with Crippen molar-refractivity contribution in [3.63, 3.8) is 0 Å². The van der Waals surface area contributed by atoms with Gasteiger partial charge in [-0.2, -0.15) is 16.6 Å². The number of amides is 4. The summed E-state index contributed by atoms with van der Waals surface area (Å²) in [6, 6.07) is 7.57. The number of nitrogens with one attached hydrogen (secondary N) is 4. The highest BCUT2D eigenvalue weighted by atomic mass is 32.2. The number of carbonyl (C=O) groups excluding carboxylic acids is 3. The summed E-state index contributed by atoms with van der Waals surface area (Å²) in [7, 11) is 0. The Labute approximate surface area is 204 Å². The molecule has 2 heterocycles. The number of rotatable bonds is 13. The van der Waals surface area contributed by atoms with Gasteiger partial charge in [-0.3, -0.25) is 9.59 Å². The van der Waals surface area contributed by atoms with Gasteiger partial charge in [0.05, 0.1) is 17.6 Å². The third kappa shape index (κ3) is 7.88. The summed E-state index contributed by atoms with van der Waals surface area (Å²) in [6.45, 7) is 2.34. The van der Waals surface area contributed by atoms with Crippen LogP contribution < -0.4 is 21.3 Å². The molecule has 0 aromatic heterocycles. The van der Waals surface area contributed by atoms with Crippen LogP contribution in [0.5, 0.6) is 0 Å². The number of anilines is 1. The van der Waals surface area contributed by atoms with E-state index in [-0.39, 0.29) is 29.9 Å². The first-order valence-corrected chi connectivity index (χ1v) is 13.1. The molecule has 9 nitrogen and oxygen atoms in total. The van der Waals surface area contributed by atoms with Crippen molar-refractivity contribution in [1.82, 2.24) is 16.0 Å². The first-order valence-electron chi connectivity index (χ1n) is 12.0. The SMILES string of the molecule is CC(=[N+]=[N-])c1ccc(NC(=O)CCCCCNC(=O)CCCC[C@@H]2SC[C@@H]3NC(=O)N[C@@H]32)cc1. The Hall–Kier alpha value is -2.84. The van der Waals surface area contributed by atoms with Gasteiger partial charge >= 0.3 is 6.03 Å². The first kappa shape index (κ1) is 25.8. The van der Waals surface area contributed by atoms with E-state index in [1.807, 2.05) is 11.8 Å². The minimum Gasteiger partial charge on any atom is -0.361 e. The fraction of sp³-hybridized carbons (Fsp3) is 0.583. The second-order valence-electron chi connectivity index (χ2n) is 8.84. The second-order valence-corrected chi connectivity index (χ2v) is 10.1. The van der Waals surface area contributed by atoms with E-state index < -0.39 is 0 Å². The predicted octanol–water partition coefficient (Wildman–Crippen LogP) is 3.07. The number of hydrogen-bond donors (Lipinski definition) is 4. The standard InChI is InChI=1S/C24H34N6O3S/c1-16(30-25)17-10-12-18(13-11-17)27-22(32)9-3-2-6-14-26-21(31)8-5-4-7-20-23-19(15-34-20)28-24(33)29-23/h10-13,19-20,23H,2-9,14-15H2,1H3,(H,26,31)(H,27,32)(H2,28,29,33)/t19-,20-,23-/m0/s1. The van der Waals surface area contributed by atoms with Gasteiger partial charge in [-0.15, -0.1) is 0 Å². The number of hydrogen-bond acceptors (Lipinski definition) is 4. The monoisotopic (exact) mass is 486 g/mol. The van der Waals surface area contributed by atoms with Crippen molar-refractivity contribution in [3.05, 3.63) is 35.4 Å². The molecule has 10 heteroatoms. The lowest BCUT2D eigenvalue weighted by Crippen LogP contribution is -2.36. The Kier molecular flexibility index (Phi) is 9.97. The summed E-state index contributed by atoms with van der Waals surface area (Å²) < 4.78 is 0. The maximum absolute atomic E-state index is 12.1. The lowest BCUT2D eigenvalue weighted by molar-refractivity contribution is -0.121. The largest absolute Gasteiger partial charge is 0.361 e.